The highest BCUT2D eigenvalue weighted by Gasteiger charge is 2.59. The molecule has 0 bridgehead atoms. The molecule has 37 heavy (non-hydrogen) atoms. The van der Waals surface area contributed by atoms with Crippen LogP contribution < -0.4 is 10.2 Å². The van der Waals surface area contributed by atoms with Crippen molar-refractivity contribution in [2.24, 2.45) is 0 Å². The number of hydrogen-bond acceptors (Lipinski definition) is 9. The third kappa shape index (κ3) is 5.94. The van der Waals surface area contributed by atoms with Gasteiger partial charge in [0.25, 0.3) is 5.91 Å². The molecule has 0 spiro atoms. The Labute approximate surface area is 215 Å². The highest BCUT2D eigenvalue weighted by atomic mass is 32.2. The van der Waals surface area contributed by atoms with Crippen molar-refractivity contribution in [3.63, 3.8) is 0 Å². The first-order valence-corrected chi connectivity index (χ1v) is 13.1. The highest BCUT2D eigenvalue weighted by Crippen LogP contribution is 2.39. The van der Waals surface area contributed by atoms with Crippen molar-refractivity contribution in [1.82, 2.24) is 9.79 Å². The third-order valence-corrected chi connectivity index (χ3v) is 7.88. The van der Waals surface area contributed by atoms with Crippen LogP contribution in [0.1, 0.15) is 26.3 Å². The van der Waals surface area contributed by atoms with E-state index in [4.69, 9.17) is 23.8 Å². The number of esters is 1. The number of hydrogen-bond donors (Lipinski definition) is 1. The topological polar surface area (TPSA) is 130 Å². The van der Waals surface area contributed by atoms with E-state index < -0.39 is 52.0 Å². The Morgan fingerprint density at radius 2 is 1.76 bits per heavy atom. The molecular weight excluding hydrogens is 504 g/mol. The van der Waals surface area contributed by atoms with E-state index in [1.54, 1.807) is 13.8 Å². The minimum Gasteiger partial charge on any atom is -0.497 e. The molecule has 2 aromatic carbocycles. The summed E-state index contributed by atoms with van der Waals surface area (Å²) >= 11 is 0. The Hall–Kier alpha value is -3.03. The Balaban J connectivity index is 1.68. The van der Waals surface area contributed by atoms with Crippen LogP contribution in [0.5, 0.6) is 5.75 Å². The van der Waals surface area contributed by atoms with Gasteiger partial charge in [-0.1, -0.05) is 30.3 Å². The number of methoxy groups -OCH3 is 1. The average molecular weight is 535 g/mol. The van der Waals surface area contributed by atoms with Crippen molar-refractivity contribution in [2.45, 2.75) is 62.4 Å². The number of hydroxylamine groups is 1. The normalized spacial score (nSPS) is 25.2. The molecule has 200 valence electrons. The van der Waals surface area contributed by atoms with E-state index in [9.17, 15) is 18.0 Å². The molecule has 2 aliphatic heterocycles. The Bertz CT molecular complexity index is 1220. The number of carbonyl (C=O) groups is 2. The second kappa shape index (κ2) is 10.8. The first-order chi connectivity index (χ1) is 17.5. The van der Waals surface area contributed by atoms with E-state index in [0.717, 1.165) is 9.87 Å². The lowest BCUT2D eigenvalue weighted by molar-refractivity contribution is -0.177. The molecule has 11 nitrogen and oxygen atoms in total. The summed E-state index contributed by atoms with van der Waals surface area (Å²) < 4.78 is 51.1. The number of piperidine rings is 1. The number of benzene rings is 2. The number of ether oxygens (including phenoxy) is 4. The molecule has 12 heteroatoms. The zero-order valence-corrected chi connectivity index (χ0v) is 21.8. The van der Waals surface area contributed by atoms with Crippen molar-refractivity contribution in [2.75, 3.05) is 13.7 Å². The van der Waals surface area contributed by atoms with E-state index >= 15 is 0 Å². The summed E-state index contributed by atoms with van der Waals surface area (Å²) in [5, 5.41) is 0. The van der Waals surface area contributed by atoms with E-state index in [0.29, 0.717) is 5.75 Å². The maximum absolute atomic E-state index is 13.8. The van der Waals surface area contributed by atoms with Crippen LogP contribution in [0.25, 0.3) is 0 Å². The minimum atomic E-state index is -4.27. The molecule has 2 heterocycles. The van der Waals surface area contributed by atoms with Crippen molar-refractivity contribution in [3.05, 3.63) is 60.2 Å². The van der Waals surface area contributed by atoms with Gasteiger partial charge in [0, 0.05) is 13.5 Å². The summed E-state index contributed by atoms with van der Waals surface area (Å²) in [6.07, 6.45) is -2.97. The summed E-state index contributed by atoms with van der Waals surface area (Å²) in [6, 6.07) is 13.4. The maximum Gasteiger partial charge on any atom is 0.303 e. The van der Waals surface area contributed by atoms with Gasteiger partial charge in [-0.2, -0.15) is 4.31 Å². The predicted molar refractivity (Wildman–Crippen MR) is 129 cm³/mol. The largest absolute Gasteiger partial charge is 0.497 e. The molecule has 0 radical (unpaired) electrons. The van der Waals surface area contributed by atoms with Gasteiger partial charge in [-0.15, -0.1) is 0 Å². The molecule has 0 saturated carbocycles. The Morgan fingerprint density at radius 1 is 1.08 bits per heavy atom. The molecule has 4 atom stereocenters. The van der Waals surface area contributed by atoms with Crippen molar-refractivity contribution in [3.8, 4) is 5.75 Å². The van der Waals surface area contributed by atoms with E-state index in [-0.39, 0.29) is 18.0 Å². The average Bonchev–Trinajstić information content (AvgIpc) is 3.18. The van der Waals surface area contributed by atoms with Crippen LogP contribution in [-0.2, 0) is 45.3 Å². The Kier molecular flexibility index (Phi) is 7.85. The van der Waals surface area contributed by atoms with E-state index in [1.165, 1.54) is 38.3 Å². The monoisotopic (exact) mass is 534 g/mol. The van der Waals surface area contributed by atoms with Crippen LogP contribution >= 0.6 is 0 Å². The summed E-state index contributed by atoms with van der Waals surface area (Å²) in [4.78, 5) is 30.8. The lowest BCUT2D eigenvalue weighted by Gasteiger charge is -2.42. The quantitative estimate of drug-likeness (QED) is 0.398. The van der Waals surface area contributed by atoms with Crippen LogP contribution in [0.4, 0.5) is 0 Å². The molecular formula is C25H30N2O9S. The van der Waals surface area contributed by atoms with Crippen molar-refractivity contribution < 1.29 is 41.8 Å². The lowest BCUT2D eigenvalue weighted by atomic mass is 9.95. The number of nitrogens with zero attached hydrogens (tertiary/aromatic N) is 1. The van der Waals surface area contributed by atoms with Crippen LogP contribution in [-0.4, -0.2) is 68.4 Å². The van der Waals surface area contributed by atoms with Gasteiger partial charge in [0.2, 0.25) is 10.0 Å². The molecule has 0 aliphatic carbocycles. The SMILES string of the molecule is COc1ccc(S(=O)(=O)N2C[C@@H]3OC(C)(C)O[C@@H]3[C@@H](OC(C)=O)[C@@H]2C(=O)NOCc2ccccc2)cc1. The third-order valence-electron chi connectivity index (χ3n) is 6.02. The molecule has 2 aromatic rings. The van der Waals surface area contributed by atoms with Gasteiger partial charge in [-0.05, 0) is 43.7 Å². The molecule has 0 aromatic heterocycles. The van der Waals surface area contributed by atoms with Crippen LogP contribution in [0.15, 0.2) is 59.5 Å². The minimum absolute atomic E-state index is 0.0431. The smallest absolute Gasteiger partial charge is 0.303 e. The van der Waals surface area contributed by atoms with Crippen LogP contribution in [0.2, 0.25) is 0 Å². The summed E-state index contributed by atoms with van der Waals surface area (Å²) in [5.41, 5.74) is 3.12. The fourth-order valence-corrected chi connectivity index (χ4v) is 6.08. The van der Waals surface area contributed by atoms with E-state index in [2.05, 4.69) is 5.48 Å². The van der Waals surface area contributed by atoms with Gasteiger partial charge in [0.1, 0.15) is 24.0 Å². The first kappa shape index (κ1) is 27.0. The standard InChI is InChI=1S/C25H30N2O9S/c1-16(28)34-23-21(24(29)26-33-15-17-8-6-5-7-9-17)27(14-20-22(23)36-25(2,3)35-20)37(30,31)19-12-10-18(32-4)11-13-19/h5-13,20-23H,14-15H2,1-4H3,(H,26,29)/t20-,21+,22-,23-/m0/s1. The van der Waals surface area contributed by atoms with Gasteiger partial charge >= 0.3 is 5.97 Å². The van der Waals surface area contributed by atoms with Gasteiger partial charge in [0.15, 0.2) is 11.9 Å². The summed E-state index contributed by atoms with van der Waals surface area (Å²) in [6.45, 7) is 4.33. The van der Waals surface area contributed by atoms with Crippen molar-refractivity contribution in [1.29, 1.82) is 0 Å². The van der Waals surface area contributed by atoms with Gasteiger partial charge in [-0.3, -0.25) is 14.4 Å². The van der Waals surface area contributed by atoms with Gasteiger partial charge < -0.3 is 18.9 Å². The first-order valence-electron chi connectivity index (χ1n) is 11.7. The number of carbonyl (C=O) groups excluding carboxylic acids is 2. The fourth-order valence-electron chi connectivity index (χ4n) is 4.48. The zero-order valence-electron chi connectivity index (χ0n) is 20.9. The molecule has 2 saturated heterocycles. The Morgan fingerprint density at radius 3 is 2.38 bits per heavy atom. The highest BCUT2D eigenvalue weighted by molar-refractivity contribution is 7.89. The number of rotatable bonds is 8. The number of amides is 1. The zero-order chi connectivity index (χ0) is 26.8. The van der Waals surface area contributed by atoms with Gasteiger partial charge in [-0.25, -0.2) is 13.9 Å². The molecule has 2 fully saturated rings. The lowest BCUT2D eigenvalue weighted by Crippen LogP contribution is -2.67. The summed E-state index contributed by atoms with van der Waals surface area (Å²) in [7, 11) is -2.80. The molecule has 1 N–H and O–H groups in total. The fraction of sp³-hybridized carbons (Fsp3) is 0.440. The van der Waals surface area contributed by atoms with Crippen LogP contribution in [0, 0.1) is 0 Å². The maximum atomic E-state index is 13.8. The predicted octanol–water partition coefficient (Wildman–Crippen LogP) is 1.77. The second-order valence-electron chi connectivity index (χ2n) is 9.15. The number of sulfonamides is 1. The van der Waals surface area contributed by atoms with Gasteiger partial charge in [0.05, 0.1) is 18.6 Å². The summed E-state index contributed by atoms with van der Waals surface area (Å²) in [5.74, 6) is -2.14. The second-order valence-corrected chi connectivity index (χ2v) is 11.0. The number of nitrogens with one attached hydrogen (secondary N) is 1. The molecule has 2 aliphatic rings. The number of fused-ring (bicyclic) bond motifs is 1. The van der Waals surface area contributed by atoms with Crippen molar-refractivity contribution >= 4 is 21.9 Å². The van der Waals surface area contributed by atoms with E-state index in [1.807, 2.05) is 30.3 Å². The molecule has 4 rings (SSSR count). The van der Waals surface area contributed by atoms with Crippen LogP contribution in [0.3, 0.4) is 0 Å². The molecule has 1 amide bonds. The molecule has 0 unspecified atom stereocenters.